The molecule has 0 aliphatic carbocycles. The molecule has 84 valence electrons. The standard InChI is InChI=1S/C11H13N3O2/c1-14-10(8(6-12)11(15)16)7-4-2-3-5-9(7)13-14/h2-5,8H,6,12H2,1H3,(H,15,16). The van der Waals surface area contributed by atoms with Gasteiger partial charge in [0, 0.05) is 19.0 Å². The first-order valence-corrected chi connectivity index (χ1v) is 4.99. The second kappa shape index (κ2) is 3.94. The molecule has 5 heteroatoms. The number of hydrogen-bond donors (Lipinski definition) is 2. The van der Waals surface area contributed by atoms with Crippen LogP contribution in [0.15, 0.2) is 24.3 Å². The molecule has 1 aromatic heterocycles. The van der Waals surface area contributed by atoms with E-state index in [4.69, 9.17) is 10.8 Å². The number of carbonyl (C=O) groups is 1. The molecule has 5 nitrogen and oxygen atoms in total. The molecule has 0 bridgehead atoms. The summed E-state index contributed by atoms with van der Waals surface area (Å²) in [7, 11) is 1.74. The van der Waals surface area contributed by atoms with E-state index in [9.17, 15) is 4.79 Å². The Labute approximate surface area is 92.5 Å². The highest BCUT2D eigenvalue weighted by molar-refractivity contribution is 5.87. The zero-order valence-corrected chi connectivity index (χ0v) is 8.92. The number of benzene rings is 1. The number of aryl methyl sites for hydroxylation is 1. The van der Waals surface area contributed by atoms with Gasteiger partial charge in [-0.25, -0.2) is 0 Å². The summed E-state index contributed by atoms with van der Waals surface area (Å²) in [5.41, 5.74) is 6.95. The topological polar surface area (TPSA) is 81.1 Å². The molecule has 2 aromatic rings. The van der Waals surface area contributed by atoms with Crippen LogP contribution in [0.4, 0.5) is 0 Å². The Bertz CT molecular complexity index is 533. The van der Waals surface area contributed by atoms with E-state index in [1.165, 1.54) is 0 Å². The third kappa shape index (κ3) is 1.55. The average molecular weight is 219 g/mol. The minimum atomic E-state index is -0.920. The predicted octanol–water partition coefficient (Wildman–Crippen LogP) is 0.700. The molecule has 1 heterocycles. The Morgan fingerprint density at radius 1 is 1.56 bits per heavy atom. The fourth-order valence-electron chi connectivity index (χ4n) is 1.91. The minimum absolute atomic E-state index is 0.0683. The molecule has 0 spiro atoms. The van der Waals surface area contributed by atoms with Crippen molar-refractivity contribution in [3.8, 4) is 0 Å². The van der Waals surface area contributed by atoms with Gasteiger partial charge >= 0.3 is 5.97 Å². The Hall–Kier alpha value is -1.88. The zero-order chi connectivity index (χ0) is 11.7. The SMILES string of the molecule is Cn1nc2ccccc2c1C(CN)C(=O)O. The minimum Gasteiger partial charge on any atom is -0.481 e. The van der Waals surface area contributed by atoms with Crippen molar-refractivity contribution in [2.45, 2.75) is 5.92 Å². The van der Waals surface area contributed by atoms with Crippen LogP contribution in [-0.2, 0) is 11.8 Å². The summed E-state index contributed by atoms with van der Waals surface area (Å²) in [6, 6.07) is 7.46. The Morgan fingerprint density at radius 2 is 2.25 bits per heavy atom. The van der Waals surface area contributed by atoms with Gasteiger partial charge in [-0.2, -0.15) is 5.10 Å². The molecule has 1 atom stereocenters. The van der Waals surface area contributed by atoms with Crippen LogP contribution in [0.1, 0.15) is 11.6 Å². The van der Waals surface area contributed by atoms with Gasteiger partial charge in [-0.3, -0.25) is 9.48 Å². The van der Waals surface area contributed by atoms with Gasteiger partial charge in [0.15, 0.2) is 0 Å². The lowest BCUT2D eigenvalue weighted by atomic mass is 10.0. The average Bonchev–Trinajstić information content (AvgIpc) is 2.57. The number of aromatic nitrogens is 2. The lowest BCUT2D eigenvalue weighted by Gasteiger charge is -2.10. The van der Waals surface area contributed by atoms with Crippen molar-refractivity contribution in [1.29, 1.82) is 0 Å². The van der Waals surface area contributed by atoms with E-state index >= 15 is 0 Å². The largest absolute Gasteiger partial charge is 0.481 e. The molecule has 0 fully saturated rings. The molecule has 3 N–H and O–H groups in total. The van der Waals surface area contributed by atoms with Crippen LogP contribution < -0.4 is 5.73 Å². The van der Waals surface area contributed by atoms with E-state index in [0.29, 0.717) is 5.69 Å². The van der Waals surface area contributed by atoms with Gasteiger partial charge in [0.25, 0.3) is 0 Å². The van der Waals surface area contributed by atoms with Gasteiger partial charge in [-0.1, -0.05) is 18.2 Å². The molecule has 0 amide bonds. The molecule has 0 saturated carbocycles. The third-order valence-corrected chi connectivity index (χ3v) is 2.65. The van der Waals surface area contributed by atoms with E-state index in [1.807, 2.05) is 24.3 Å². The number of hydrogen-bond acceptors (Lipinski definition) is 3. The van der Waals surface area contributed by atoms with Crippen LogP contribution in [0.2, 0.25) is 0 Å². The van der Waals surface area contributed by atoms with E-state index in [2.05, 4.69) is 5.10 Å². The van der Waals surface area contributed by atoms with Crippen molar-refractivity contribution in [1.82, 2.24) is 9.78 Å². The zero-order valence-electron chi connectivity index (χ0n) is 8.92. The number of carboxylic acid groups (broad SMARTS) is 1. The maximum atomic E-state index is 11.1. The number of nitrogens with zero attached hydrogens (tertiary/aromatic N) is 2. The molecule has 0 aliphatic heterocycles. The van der Waals surface area contributed by atoms with Crippen LogP contribution in [0.5, 0.6) is 0 Å². The monoisotopic (exact) mass is 219 g/mol. The predicted molar refractivity (Wildman–Crippen MR) is 60.1 cm³/mol. The molecule has 0 aliphatic rings. The van der Waals surface area contributed by atoms with E-state index in [1.54, 1.807) is 11.7 Å². The first-order chi connectivity index (χ1) is 7.65. The van der Waals surface area contributed by atoms with E-state index < -0.39 is 11.9 Å². The smallest absolute Gasteiger partial charge is 0.313 e. The third-order valence-electron chi connectivity index (χ3n) is 2.65. The molecule has 0 radical (unpaired) electrons. The van der Waals surface area contributed by atoms with Gasteiger partial charge < -0.3 is 10.8 Å². The summed E-state index contributed by atoms with van der Waals surface area (Å²) >= 11 is 0. The number of fused-ring (bicyclic) bond motifs is 1. The maximum Gasteiger partial charge on any atom is 0.313 e. The molecule has 0 saturated heterocycles. The van der Waals surface area contributed by atoms with Crippen molar-refractivity contribution in [2.75, 3.05) is 6.54 Å². The fourth-order valence-corrected chi connectivity index (χ4v) is 1.91. The quantitative estimate of drug-likeness (QED) is 0.796. The highest BCUT2D eigenvalue weighted by Gasteiger charge is 2.24. The Kier molecular flexibility index (Phi) is 2.62. The normalized spacial score (nSPS) is 12.9. The molecule has 1 aromatic carbocycles. The summed E-state index contributed by atoms with van der Waals surface area (Å²) < 4.78 is 1.59. The van der Waals surface area contributed by atoms with Gasteiger partial charge in [0.1, 0.15) is 5.92 Å². The Balaban J connectivity index is 2.66. The molecule has 16 heavy (non-hydrogen) atoms. The van der Waals surface area contributed by atoms with Crippen LogP contribution in [0, 0.1) is 0 Å². The lowest BCUT2D eigenvalue weighted by Crippen LogP contribution is -2.23. The highest BCUT2D eigenvalue weighted by atomic mass is 16.4. The molecule has 2 rings (SSSR count). The summed E-state index contributed by atoms with van der Waals surface area (Å²) in [6.45, 7) is 0.0683. The van der Waals surface area contributed by atoms with E-state index in [-0.39, 0.29) is 6.54 Å². The fraction of sp³-hybridized carbons (Fsp3) is 0.273. The van der Waals surface area contributed by atoms with Crippen molar-refractivity contribution < 1.29 is 9.90 Å². The highest BCUT2D eigenvalue weighted by Crippen LogP contribution is 2.24. The Morgan fingerprint density at radius 3 is 2.88 bits per heavy atom. The number of nitrogens with two attached hydrogens (primary N) is 1. The van der Waals surface area contributed by atoms with Crippen molar-refractivity contribution >= 4 is 16.9 Å². The van der Waals surface area contributed by atoms with Gasteiger partial charge in [-0.15, -0.1) is 0 Å². The maximum absolute atomic E-state index is 11.1. The van der Waals surface area contributed by atoms with Crippen molar-refractivity contribution in [3.63, 3.8) is 0 Å². The summed E-state index contributed by atoms with van der Waals surface area (Å²) in [5.74, 6) is -1.63. The second-order valence-corrected chi connectivity index (χ2v) is 3.65. The number of carboxylic acids is 1. The van der Waals surface area contributed by atoms with Gasteiger partial charge in [-0.05, 0) is 6.07 Å². The summed E-state index contributed by atoms with van der Waals surface area (Å²) in [5, 5.41) is 14.2. The van der Waals surface area contributed by atoms with Crippen molar-refractivity contribution in [3.05, 3.63) is 30.0 Å². The number of rotatable bonds is 3. The lowest BCUT2D eigenvalue weighted by molar-refractivity contribution is -0.138. The van der Waals surface area contributed by atoms with E-state index in [0.717, 1.165) is 10.9 Å². The van der Waals surface area contributed by atoms with Crippen LogP contribution in [0.25, 0.3) is 10.9 Å². The van der Waals surface area contributed by atoms with Crippen LogP contribution in [-0.4, -0.2) is 27.4 Å². The van der Waals surface area contributed by atoms with Gasteiger partial charge in [0.05, 0.1) is 11.2 Å². The number of aliphatic carboxylic acids is 1. The first kappa shape index (κ1) is 10.6. The van der Waals surface area contributed by atoms with Crippen molar-refractivity contribution in [2.24, 2.45) is 12.8 Å². The summed E-state index contributed by atoms with van der Waals surface area (Å²) in [4.78, 5) is 11.1. The van der Waals surface area contributed by atoms with Crippen LogP contribution in [0.3, 0.4) is 0 Å². The van der Waals surface area contributed by atoms with Gasteiger partial charge in [0.2, 0.25) is 0 Å². The van der Waals surface area contributed by atoms with Crippen LogP contribution >= 0.6 is 0 Å². The second-order valence-electron chi connectivity index (χ2n) is 3.65. The molecule has 1 unspecified atom stereocenters. The summed E-state index contributed by atoms with van der Waals surface area (Å²) in [6.07, 6.45) is 0. The molecular weight excluding hydrogens is 206 g/mol. The molecular formula is C11H13N3O2. The first-order valence-electron chi connectivity index (χ1n) is 4.99.